The summed E-state index contributed by atoms with van der Waals surface area (Å²) in [5, 5.41) is 7.22. The molecule has 2 aromatic carbocycles. The number of carbonyl (C=O) groups excluding carboxylic acids is 1. The Morgan fingerprint density at radius 3 is 2.52 bits per heavy atom. The van der Waals surface area contributed by atoms with Gasteiger partial charge in [-0.25, -0.2) is 0 Å². The van der Waals surface area contributed by atoms with E-state index in [0.29, 0.717) is 25.4 Å². The minimum atomic E-state index is -0.0888. The molecule has 0 radical (unpaired) electrons. The molecule has 0 unspecified atom stereocenters. The number of nitrogens with zero attached hydrogens (tertiary/aromatic N) is 2. The maximum atomic E-state index is 12.2. The van der Waals surface area contributed by atoms with Crippen LogP contribution in [-0.4, -0.2) is 22.3 Å². The highest BCUT2D eigenvalue weighted by Gasteiger charge is 2.07. The van der Waals surface area contributed by atoms with Gasteiger partial charge in [-0.1, -0.05) is 42.5 Å². The molecule has 0 spiro atoms. The van der Waals surface area contributed by atoms with Crippen LogP contribution >= 0.6 is 0 Å². The van der Waals surface area contributed by atoms with E-state index in [9.17, 15) is 4.79 Å². The van der Waals surface area contributed by atoms with Gasteiger partial charge in [0.05, 0.1) is 19.6 Å². The first-order valence-corrected chi connectivity index (χ1v) is 8.32. The highest BCUT2D eigenvalue weighted by molar-refractivity contribution is 5.91. The largest absolute Gasteiger partial charge is 0.494 e. The Labute approximate surface area is 147 Å². The van der Waals surface area contributed by atoms with Crippen LogP contribution in [0.15, 0.2) is 66.9 Å². The van der Waals surface area contributed by atoms with Crippen LogP contribution in [0.4, 0.5) is 5.82 Å². The van der Waals surface area contributed by atoms with Crippen LogP contribution in [0.25, 0.3) is 0 Å². The van der Waals surface area contributed by atoms with E-state index >= 15 is 0 Å². The van der Waals surface area contributed by atoms with E-state index in [1.165, 1.54) is 0 Å². The van der Waals surface area contributed by atoms with Crippen LogP contribution in [0, 0.1) is 0 Å². The van der Waals surface area contributed by atoms with Crippen molar-refractivity contribution in [3.8, 4) is 5.75 Å². The summed E-state index contributed by atoms with van der Waals surface area (Å²) in [4.78, 5) is 12.2. The molecule has 1 heterocycles. The third kappa shape index (κ3) is 4.94. The minimum Gasteiger partial charge on any atom is -0.494 e. The first kappa shape index (κ1) is 16.8. The van der Waals surface area contributed by atoms with Crippen LogP contribution in [0.5, 0.6) is 5.75 Å². The summed E-state index contributed by atoms with van der Waals surface area (Å²) in [6.45, 7) is 3.25. The standard InChI is InChI=1S/C20H21N3O2/c1-2-25-18-10-8-16(9-11-18)14-20(24)21-19-12-13-23(22-19)15-17-6-4-3-5-7-17/h3-13H,2,14-15H2,1H3,(H,21,22,24). The van der Waals surface area contributed by atoms with Gasteiger partial charge in [0.1, 0.15) is 5.75 Å². The molecule has 0 saturated carbocycles. The van der Waals surface area contributed by atoms with Gasteiger partial charge in [0.25, 0.3) is 0 Å². The molecule has 0 aliphatic carbocycles. The maximum Gasteiger partial charge on any atom is 0.229 e. The zero-order chi connectivity index (χ0) is 17.5. The number of anilines is 1. The van der Waals surface area contributed by atoms with Gasteiger partial charge in [0, 0.05) is 12.3 Å². The van der Waals surface area contributed by atoms with E-state index in [1.54, 1.807) is 6.07 Å². The zero-order valence-electron chi connectivity index (χ0n) is 14.2. The molecule has 1 aromatic heterocycles. The van der Waals surface area contributed by atoms with E-state index in [4.69, 9.17) is 4.74 Å². The van der Waals surface area contributed by atoms with E-state index in [2.05, 4.69) is 10.4 Å². The molecule has 128 valence electrons. The van der Waals surface area contributed by atoms with Gasteiger partial charge in [-0.3, -0.25) is 9.48 Å². The number of amides is 1. The molecule has 5 heteroatoms. The molecular formula is C20H21N3O2. The van der Waals surface area contributed by atoms with Crippen LogP contribution in [-0.2, 0) is 17.8 Å². The van der Waals surface area contributed by atoms with Gasteiger partial charge in [0.15, 0.2) is 5.82 Å². The molecule has 0 saturated heterocycles. The van der Waals surface area contributed by atoms with Crippen molar-refractivity contribution in [1.82, 2.24) is 9.78 Å². The van der Waals surface area contributed by atoms with Crippen molar-refractivity contribution in [2.24, 2.45) is 0 Å². The summed E-state index contributed by atoms with van der Waals surface area (Å²) >= 11 is 0. The lowest BCUT2D eigenvalue weighted by molar-refractivity contribution is -0.115. The minimum absolute atomic E-state index is 0.0888. The van der Waals surface area contributed by atoms with Crippen molar-refractivity contribution in [2.45, 2.75) is 19.9 Å². The van der Waals surface area contributed by atoms with E-state index in [0.717, 1.165) is 16.9 Å². The average molecular weight is 335 g/mol. The second-order valence-corrected chi connectivity index (χ2v) is 5.69. The van der Waals surface area contributed by atoms with Crippen molar-refractivity contribution in [1.29, 1.82) is 0 Å². The Balaban J connectivity index is 1.54. The fraction of sp³-hybridized carbons (Fsp3) is 0.200. The predicted octanol–water partition coefficient (Wildman–Crippen LogP) is 3.51. The Morgan fingerprint density at radius 2 is 1.80 bits per heavy atom. The zero-order valence-corrected chi connectivity index (χ0v) is 14.2. The monoisotopic (exact) mass is 335 g/mol. The molecule has 1 amide bonds. The summed E-state index contributed by atoms with van der Waals surface area (Å²) in [5.41, 5.74) is 2.10. The van der Waals surface area contributed by atoms with E-state index < -0.39 is 0 Å². The third-order valence-electron chi connectivity index (χ3n) is 3.69. The van der Waals surface area contributed by atoms with Gasteiger partial charge < -0.3 is 10.1 Å². The summed E-state index contributed by atoms with van der Waals surface area (Å²) < 4.78 is 7.21. The number of benzene rings is 2. The number of nitrogens with one attached hydrogen (secondary N) is 1. The number of aromatic nitrogens is 2. The predicted molar refractivity (Wildman–Crippen MR) is 97.7 cm³/mol. The van der Waals surface area contributed by atoms with Crippen molar-refractivity contribution < 1.29 is 9.53 Å². The first-order chi connectivity index (χ1) is 12.2. The number of ether oxygens (including phenoxy) is 1. The number of carbonyl (C=O) groups is 1. The highest BCUT2D eigenvalue weighted by Crippen LogP contribution is 2.13. The molecular weight excluding hydrogens is 314 g/mol. The third-order valence-corrected chi connectivity index (χ3v) is 3.69. The summed E-state index contributed by atoms with van der Waals surface area (Å²) in [7, 11) is 0. The van der Waals surface area contributed by atoms with Crippen molar-refractivity contribution in [3.05, 3.63) is 78.0 Å². The van der Waals surface area contributed by atoms with Gasteiger partial charge >= 0.3 is 0 Å². The number of hydrogen-bond donors (Lipinski definition) is 1. The number of hydrogen-bond acceptors (Lipinski definition) is 3. The van der Waals surface area contributed by atoms with E-state index in [-0.39, 0.29) is 5.91 Å². The second-order valence-electron chi connectivity index (χ2n) is 5.69. The molecule has 1 N–H and O–H groups in total. The van der Waals surface area contributed by atoms with E-state index in [1.807, 2.05) is 72.4 Å². The summed E-state index contributed by atoms with van der Waals surface area (Å²) in [6, 6.07) is 19.4. The van der Waals surface area contributed by atoms with Crippen LogP contribution < -0.4 is 10.1 Å². The molecule has 5 nitrogen and oxygen atoms in total. The van der Waals surface area contributed by atoms with Gasteiger partial charge in [0.2, 0.25) is 5.91 Å². The lowest BCUT2D eigenvalue weighted by Gasteiger charge is -2.05. The summed E-state index contributed by atoms with van der Waals surface area (Å²) in [5.74, 6) is 1.28. The first-order valence-electron chi connectivity index (χ1n) is 8.32. The normalized spacial score (nSPS) is 10.4. The van der Waals surface area contributed by atoms with Gasteiger partial charge in [-0.2, -0.15) is 5.10 Å². The van der Waals surface area contributed by atoms with Gasteiger partial charge in [-0.05, 0) is 30.2 Å². The quantitative estimate of drug-likeness (QED) is 0.719. The molecule has 3 rings (SSSR count). The average Bonchev–Trinajstić information content (AvgIpc) is 3.04. The molecule has 0 bridgehead atoms. The lowest BCUT2D eigenvalue weighted by atomic mass is 10.1. The van der Waals surface area contributed by atoms with Crippen LogP contribution in [0.3, 0.4) is 0 Å². The molecule has 0 atom stereocenters. The Hall–Kier alpha value is -3.08. The SMILES string of the molecule is CCOc1ccc(CC(=O)Nc2ccn(Cc3ccccc3)n2)cc1. The van der Waals surface area contributed by atoms with Crippen molar-refractivity contribution in [3.63, 3.8) is 0 Å². The maximum absolute atomic E-state index is 12.2. The Bertz CT molecular complexity index is 810. The molecule has 0 aliphatic heterocycles. The van der Waals surface area contributed by atoms with Crippen molar-refractivity contribution >= 4 is 11.7 Å². The molecule has 0 aliphatic rings. The lowest BCUT2D eigenvalue weighted by Crippen LogP contribution is -2.15. The van der Waals surface area contributed by atoms with Crippen LogP contribution in [0.1, 0.15) is 18.1 Å². The Kier molecular flexibility index (Phi) is 5.46. The smallest absolute Gasteiger partial charge is 0.229 e. The summed E-state index contributed by atoms with van der Waals surface area (Å²) in [6.07, 6.45) is 2.16. The fourth-order valence-electron chi connectivity index (χ4n) is 2.53. The topological polar surface area (TPSA) is 56.1 Å². The van der Waals surface area contributed by atoms with Crippen LogP contribution in [0.2, 0.25) is 0 Å². The molecule has 0 fully saturated rings. The van der Waals surface area contributed by atoms with Crippen molar-refractivity contribution in [2.75, 3.05) is 11.9 Å². The number of rotatable bonds is 7. The molecule has 3 aromatic rings. The second kappa shape index (κ2) is 8.15. The highest BCUT2D eigenvalue weighted by atomic mass is 16.5. The Morgan fingerprint density at radius 1 is 1.04 bits per heavy atom. The van der Waals surface area contributed by atoms with Gasteiger partial charge in [-0.15, -0.1) is 0 Å². The molecule has 25 heavy (non-hydrogen) atoms. The fourth-order valence-corrected chi connectivity index (χ4v) is 2.53.